The molecule has 3 heteroatoms. The Morgan fingerprint density at radius 3 is 1.96 bits per heavy atom. The maximum atomic E-state index is 11.4. The summed E-state index contributed by atoms with van der Waals surface area (Å²) in [6.07, 6.45) is 5.27. The van der Waals surface area contributed by atoms with Crippen molar-refractivity contribution >= 4 is 25.3 Å². The molecule has 0 saturated carbocycles. The second kappa shape index (κ2) is 8.40. The van der Waals surface area contributed by atoms with E-state index in [0.29, 0.717) is 5.70 Å². The highest BCUT2D eigenvalue weighted by atomic mass is 16.1. The van der Waals surface area contributed by atoms with Crippen LogP contribution in [0.1, 0.15) is 18.1 Å². The van der Waals surface area contributed by atoms with Crippen LogP contribution < -0.4 is 15.6 Å². The molecule has 28 heavy (non-hydrogen) atoms. The minimum absolute atomic E-state index is 0.639. The highest BCUT2D eigenvalue weighted by Gasteiger charge is 2.07. The SMILES string of the molecule is C=C(/C=C\C)N(C=O)c1ccc(Cc2ccc(-n3c(=C)ccc3=C)cc2)cc1. The number of carbonyl (C=O) groups is 1. The molecule has 3 rings (SSSR count). The number of aromatic nitrogens is 1. The lowest BCUT2D eigenvalue weighted by Gasteiger charge is -2.18. The van der Waals surface area contributed by atoms with Gasteiger partial charge in [0.05, 0.1) is 0 Å². The number of nitrogens with zero attached hydrogens (tertiary/aromatic N) is 2. The quantitative estimate of drug-likeness (QED) is 0.458. The minimum Gasteiger partial charge on any atom is -0.312 e. The second-order valence-electron chi connectivity index (χ2n) is 6.63. The molecule has 0 spiro atoms. The van der Waals surface area contributed by atoms with E-state index in [2.05, 4.69) is 44.0 Å². The zero-order valence-corrected chi connectivity index (χ0v) is 16.1. The highest BCUT2D eigenvalue weighted by Crippen LogP contribution is 2.20. The van der Waals surface area contributed by atoms with Gasteiger partial charge < -0.3 is 4.57 Å². The maximum absolute atomic E-state index is 11.4. The van der Waals surface area contributed by atoms with Gasteiger partial charge >= 0.3 is 0 Å². The Kier molecular flexibility index (Phi) is 5.75. The van der Waals surface area contributed by atoms with E-state index < -0.39 is 0 Å². The van der Waals surface area contributed by atoms with Crippen molar-refractivity contribution in [2.24, 2.45) is 0 Å². The van der Waals surface area contributed by atoms with E-state index in [1.807, 2.05) is 60.0 Å². The van der Waals surface area contributed by atoms with Crippen molar-refractivity contribution in [3.05, 3.63) is 107 Å². The summed E-state index contributed by atoms with van der Waals surface area (Å²) in [5.41, 5.74) is 4.89. The molecule has 1 amide bonds. The lowest BCUT2D eigenvalue weighted by atomic mass is 10.0. The van der Waals surface area contributed by atoms with Crippen molar-refractivity contribution < 1.29 is 4.79 Å². The average Bonchev–Trinajstić information content (AvgIpc) is 3.03. The van der Waals surface area contributed by atoms with Crippen LogP contribution in [-0.4, -0.2) is 11.0 Å². The van der Waals surface area contributed by atoms with Gasteiger partial charge in [-0.2, -0.15) is 0 Å². The topological polar surface area (TPSA) is 25.2 Å². The van der Waals surface area contributed by atoms with Gasteiger partial charge in [0.1, 0.15) is 0 Å². The first-order chi connectivity index (χ1) is 13.5. The van der Waals surface area contributed by atoms with Crippen LogP contribution in [0.15, 0.2) is 85.1 Å². The summed E-state index contributed by atoms with van der Waals surface area (Å²) in [6, 6.07) is 20.3. The largest absolute Gasteiger partial charge is 0.312 e. The second-order valence-corrected chi connectivity index (χ2v) is 6.63. The number of carbonyl (C=O) groups excluding carboxylic acids is 1. The van der Waals surface area contributed by atoms with Crippen molar-refractivity contribution in [1.29, 1.82) is 0 Å². The number of anilines is 1. The molecule has 3 nitrogen and oxygen atoms in total. The lowest BCUT2D eigenvalue weighted by molar-refractivity contribution is -0.107. The fraction of sp³-hybridized carbons (Fsp3) is 0.0800. The number of amides is 1. The van der Waals surface area contributed by atoms with Crippen molar-refractivity contribution in [2.75, 3.05) is 4.90 Å². The number of hydrogen-bond acceptors (Lipinski definition) is 1. The Morgan fingerprint density at radius 2 is 1.46 bits per heavy atom. The molecule has 0 bridgehead atoms. The van der Waals surface area contributed by atoms with Gasteiger partial charge in [-0.15, -0.1) is 0 Å². The van der Waals surface area contributed by atoms with Crippen molar-refractivity contribution in [2.45, 2.75) is 13.3 Å². The number of rotatable bonds is 7. The summed E-state index contributed by atoms with van der Waals surface area (Å²) in [5.74, 6) is 0. The molecular formula is C25H24N2O. The third kappa shape index (κ3) is 4.04. The van der Waals surface area contributed by atoms with Gasteiger partial charge in [0.2, 0.25) is 6.41 Å². The number of allylic oxidation sites excluding steroid dienone is 2. The smallest absolute Gasteiger partial charge is 0.218 e. The van der Waals surface area contributed by atoms with Gasteiger partial charge in [-0.05, 0) is 66.9 Å². The molecule has 1 aromatic heterocycles. The normalized spacial score (nSPS) is 10.9. The van der Waals surface area contributed by atoms with Gasteiger partial charge in [0.25, 0.3) is 0 Å². The molecule has 2 aromatic carbocycles. The predicted molar refractivity (Wildman–Crippen MR) is 118 cm³/mol. The third-order valence-corrected chi connectivity index (χ3v) is 4.63. The molecule has 0 aliphatic rings. The molecule has 0 atom stereocenters. The molecule has 3 aromatic rings. The van der Waals surface area contributed by atoms with Crippen LogP contribution in [0.5, 0.6) is 0 Å². The summed E-state index contributed by atoms with van der Waals surface area (Å²) in [5, 5.41) is 1.85. The Labute approximate surface area is 165 Å². The molecule has 0 saturated heterocycles. The molecule has 0 N–H and O–H groups in total. The summed E-state index contributed by atoms with van der Waals surface area (Å²) >= 11 is 0. The van der Waals surface area contributed by atoms with E-state index >= 15 is 0 Å². The molecule has 1 heterocycles. The molecular weight excluding hydrogens is 344 g/mol. The molecule has 0 unspecified atom stereocenters. The first-order valence-electron chi connectivity index (χ1n) is 9.13. The van der Waals surface area contributed by atoms with E-state index in [1.54, 1.807) is 0 Å². The zero-order chi connectivity index (χ0) is 20.1. The average molecular weight is 368 g/mol. The summed E-state index contributed by atoms with van der Waals surface area (Å²) in [4.78, 5) is 12.9. The number of hydrogen-bond donors (Lipinski definition) is 0. The van der Waals surface area contributed by atoms with Gasteiger partial charge in [0, 0.05) is 27.8 Å². The van der Waals surface area contributed by atoms with Gasteiger partial charge in [-0.25, -0.2) is 0 Å². The lowest BCUT2D eigenvalue weighted by Crippen LogP contribution is -2.22. The fourth-order valence-corrected chi connectivity index (χ4v) is 3.20. The van der Waals surface area contributed by atoms with Crippen molar-refractivity contribution in [3.8, 4) is 5.69 Å². The van der Waals surface area contributed by atoms with Gasteiger partial charge in [-0.3, -0.25) is 9.69 Å². The summed E-state index contributed by atoms with van der Waals surface area (Å²) in [6.45, 7) is 13.9. The Bertz CT molecular complexity index is 1080. The monoisotopic (exact) mass is 368 g/mol. The van der Waals surface area contributed by atoms with Crippen LogP contribution in [0.3, 0.4) is 0 Å². The van der Waals surface area contributed by atoms with Crippen molar-refractivity contribution in [1.82, 2.24) is 4.57 Å². The van der Waals surface area contributed by atoms with Gasteiger partial charge in [0.15, 0.2) is 0 Å². The molecule has 0 radical (unpaired) electrons. The molecule has 0 fully saturated rings. The van der Waals surface area contributed by atoms with Crippen LogP contribution in [-0.2, 0) is 11.2 Å². The minimum atomic E-state index is 0.639. The fourth-order valence-electron chi connectivity index (χ4n) is 3.20. The van der Waals surface area contributed by atoms with E-state index in [-0.39, 0.29) is 0 Å². The van der Waals surface area contributed by atoms with Crippen LogP contribution in [0.25, 0.3) is 18.8 Å². The first-order valence-corrected chi connectivity index (χ1v) is 9.13. The summed E-state index contributed by atoms with van der Waals surface area (Å²) < 4.78 is 2.03. The Hall–Kier alpha value is -3.59. The zero-order valence-electron chi connectivity index (χ0n) is 16.1. The standard InChI is InChI=1S/C25H24N2O/c1-5-6-19(2)26(18-28)24-13-9-22(10-14-24)17-23-11-15-25(16-12-23)27-20(3)7-8-21(27)4/h5-16,18H,2-4,17H2,1H3/b6-5-. The van der Waals surface area contributed by atoms with Crippen molar-refractivity contribution in [3.63, 3.8) is 0 Å². The molecule has 140 valence electrons. The molecule has 0 aliphatic carbocycles. The van der Waals surface area contributed by atoms with Crippen LogP contribution in [0, 0.1) is 0 Å². The van der Waals surface area contributed by atoms with E-state index in [9.17, 15) is 4.79 Å². The highest BCUT2D eigenvalue weighted by molar-refractivity contribution is 5.80. The predicted octanol–water partition coefficient (Wildman–Crippen LogP) is 3.94. The van der Waals surface area contributed by atoms with E-state index in [0.717, 1.165) is 34.9 Å². The van der Waals surface area contributed by atoms with E-state index in [1.165, 1.54) is 16.0 Å². The maximum Gasteiger partial charge on any atom is 0.218 e. The summed E-state index contributed by atoms with van der Waals surface area (Å²) in [7, 11) is 0. The number of benzene rings is 2. The van der Waals surface area contributed by atoms with Crippen LogP contribution in [0.4, 0.5) is 5.69 Å². The van der Waals surface area contributed by atoms with E-state index in [4.69, 9.17) is 0 Å². The molecule has 0 aliphatic heterocycles. The Balaban J connectivity index is 1.75. The Morgan fingerprint density at radius 1 is 0.929 bits per heavy atom. The van der Waals surface area contributed by atoms with Crippen LogP contribution in [0.2, 0.25) is 0 Å². The van der Waals surface area contributed by atoms with Gasteiger partial charge in [-0.1, -0.05) is 50.1 Å². The van der Waals surface area contributed by atoms with Crippen LogP contribution >= 0.6 is 0 Å². The first kappa shape index (κ1) is 19.2. The third-order valence-electron chi connectivity index (χ3n) is 4.63.